The molecule has 0 unspecified atom stereocenters. The summed E-state index contributed by atoms with van der Waals surface area (Å²) in [4.78, 5) is 3.90. The standard InChI is InChI=1S/C18H15S.C10H8O3S/c1-4-10-16(11-5-1)19(17-12-6-2-7-13-17)18-14-8-3-9-15-18;11-14(12,13)10-6-5-8-3-1-2-4-9(8)7-10/h1-15H;1-7H,(H,11,12,13)/q+1;/p-1. The van der Waals surface area contributed by atoms with Crippen LogP contribution in [0.25, 0.3) is 10.8 Å². The van der Waals surface area contributed by atoms with Gasteiger partial charge in [0.1, 0.15) is 10.1 Å². The van der Waals surface area contributed by atoms with E-state index in [1.807, 2.05) is 12.1 Å². The van der Waals surface area contributed by atoms with Gasteiger partial charge in [0, 0.05) is 0 Å². The molecule has 0 fully saturated rings. The van der Waals surface area contributed by atoms with E-state index in [0.29, 0.717) is 0 Å². The average Bonchev–Trinajstić information content (AvgIpc) is 2.86. The monoisotopic (exact) mass is 470 g/mol. The van der Waals surface area contributed by atoms with Gasteiger partial charge in [-0.3, -0.25) is 0 Å². The second-order valence-corrected chi connectivity index (χ2v) is 10.6. The SMILES string of the molecule is O=S(=O)([O-])c1ccc2ccccc2c1.c1ccc([S+](c2ccccc2)c2ccccc2)cc1. The maximum absolute atomic E-state index is 10.7. The van der Waals surface area contributed by atoms with Gasteiger partial charge in [0.05, 0.1) is 15.8 Å². The fraction of sp³-hybridized carbons (Fsp3) is 0. The van der Waals surface area contributed by atoms with Gasteiger partial charge in [-0.25, -0.2) is 8.42 Å². The van der Waals surface area contributed by atoms with Crippen LogP contribution in [0.15, 0.2) is 153 Å². The molecule has 0 saturated carbocycles. The molecule has 33 heavy (non-hydrogen) atoms. The molecule has 0 heterocycles. The molecule has 164 valence electrons. The van der Waals surface area contributed by atoms with Crippen LogP contribution in [0.3, 0.4) is 0 Å². The molecule has 0 radical (unpaired) electrons. The van der Waals surface area contributed by atoms with E-state index in [1.54, 1.807) is 18.2 Å². The van der Waals surface area contributed by atoms with Gasteiger partial charge in [-0.1, -0.05) is 84.9 Å². The van der Waals surface area contributed by atoms with Crippen LogP contribution in [-0.2, 0) is 21.0 Å². The van der Waals surface area contributed by atoms with Gasteiger partial charge in [-0.2, -0.15) is 0 Å². The van der Waals surface area contributed by atoms with E-state index in [1.165, 1.54) is 26.8 Å². The zero-order valence-electron chi connectivity index (χ0n) is 17.7. The fourth-order valence-electron chi connectivity index (χ4n) is 3.40. The lowest BCUT2D eigenvalue weighted by atomic mass is 10.1. The molecule has 3 nitrogen and oxygen atoms in total. The van der Waals surface area contributed by atoms with Crippen LogP contribution in [-0.4, -0.2) is 13.0 Å². The summed E-state index contributed by atoms with van der Waals surface area (Å²) in [6.07, 6.45) is 0. The summed E-state index contributed by atoms with van der Waals surface area (Å²) >= 11 is 0. The Balaban J connectivity index is 0.000000165. The number of benzene rings is 5. The normalized spacial score (nSPS) is 11.1. The zero-order chi connectivity index (χ0) is 23.1. The number of fused-ring (bicyclic) bond motifs is 1. The van der Waals surface area contributed by atoms with Crippen LogP contribution < -0.4 is 0 Å². The molecule has 0 amide bonds. The first-order valence-electron chi connectivity index (χ1n) is 10.4. The van der Waals surface area contributed by atoms with Crippen molar-refractivity contribution in [2.24, 2.45) is 0 Å². The zero-order valence-corrected chi connectivity index (χ0v) is 19.4. The van der Waals surface area contributed by atoms with Crippen LogP contribution in [0.5, 0.6) is 0 Å². The van der Waals surface area contributed by atoms with Gasteiger partial charge in [0.25, 0.3) is 0 Å². The van der Waals surface area contributed by atoms with Crippen molar-refractivity contribution < 1.29 is 13.0 Å². The van der Waals surface area contributed by atoms with Gasteiger partial charge in [-0.05, 0) is 59.3 Å². The van der Waals surface area contributed by atoms with Crippen LogP contribution in [0, 0.1) is 0 Å². The average molecular weight is 471 g/mol. The van der Waals surface area contributed by atoms with Crippen LogP contribution >= 0.6 is 0 Å². The van der Waals surface area contributed by atoms with Crippen LogP contribution in [0.4, 0.5) is 0 Å². The fourth-order valence-corrected chi connectivity index (χ4v) is 6.01. The topological polar surface area (TPSA) is 57.2 Å². The minimum atomic E-state index is -4.34. The van der Waals surface area contributed by atoms with E-state index >= 15 is 0 Å². The predicted octanol–water partition coefficient (Wildman–Crippen LogP) is 6.53. The molecular formula is C28H22O3S2. The quantitative estimate of drug-likeness (QED) is 0.222. The van der Waals surface area contributed by atoms with E-state index in [9.17, 15) is 13.0 Å². The van der Waals surface area contributed by atoms with Gasteiger partial charge in [0.15, 0.2) is 14.7 Å². The Morgan fingerprint density at radius 3 is 1.30 bits per heavy atom. The summed E-state index contributed by atoms with van der Waals surface area (Å²) in [5, 5.41) is 1.67. The third-order valence-electron chi connectivity index (χ3n) is 4.95. The summed E-state index contributed by atoms with van der Waals surface area (Å²) in [5.74, 6) is 0. The molecule has 5 aromatic carbocycles. The van der Waals surface area contributed by atoms with Crippen molar-refractivity contribution >= 4 is 31.8 Å². The Morgan fingerprint density at radius 2 is 0.879 bits per heavy atom. The summed E-state index contributed by atoms with van der Waals surface area (Å²) in [5.41, 5.74) is 0. The molecule has 0 aliphatic rings. The van der Waals surface area contributed by atoms with E-state index in [0.717, 1.165) is 10.8 Å². The van der Waals surface area contributed by atoms with E-state index < -0.39 is 10.1 Å². The third-order valence-corrected chi connectivity index (χ3v) is 8.01. The Kier molecular flexibility index (Phi) is 7.25. The molecule has 0 spiro atoms. The Morgan fingerprint density at radius 1 is 0.485 bits per heavy atom. The minimum Gasteiger partial charge on any atom is -0.744 e. The molecule has 5 aromatic rings. The van der Waals surface area contributed by atoms with Crippen molar-refractivity contribution in [3.63, 3.8) is 0 Å². The van der Waals surface area contributed by atoms with Crippen molar-refractivity contribution in [3.8, 4) is 0 Å². The van der Waals surface area contributed by atoms with Crippen molar-refractivity contribution in [2.75, 3.05) is 0 Å². The molecule has 0 aliphatic carbocycles. The number of rotatable bonds is 4. The maximum atomic E-state index is 10.7. The highest BCUT2D eigenvalue weighted by molar-refractivity contribution is 7.97. The predicted molar refractivity (Wildman–Crippen MR) is 133 cm³/mol. The van der Waals surface area contributed by atoms with Crippen LogP contribution in [0.2, 0.25) is 0 Å². The highest BCUT2D eigenvalue weighted by Crippen LogP contribution is 2.30. The minimum absolute atomic E-state index is 0.0146. The van der Waals surface area contributed by atoms with Crippen molar-refractivity contribution in [2.45, 2.75) is 19.6 Å². The highest BCUT2D eigenvalue weighted by Gasteiger charge is 2.27. The van der Waals surface area contributed by atoms with E-state index in [2.05, 4.69) is 91.0 Å². The lowest BCUT2D eigenvalue weighted by Crippen LogP contribution is -2.04. The number of hydrogen-bond acceptors (Lipinski definition) is 3. The molecular weight excluding hydrogens is 448 g/mol. The molecule has 0 saturated heterocycles. The Bertz CT molecular complexity index is 1330. The van der Waals surface area contributed by atoms with Crippen LogP contribution in [0.1, 0.15) is 0 Å². The lowest BCUT2D eigenvalue weighted by molar-refractivity contribution is 0.463. The second kappa shape index (κ2) is 10.5. The van der Waals surface area contributed by atoms with Gasteiger partial charge < -0.3 is 4.55 Å². The molecule has 5 rings (SSSR count). The van der Waals surface area contributed by atoms with Crippen molar-refractivity contribution in [1.29, 1.82) is 0 Å². The molecule has 0 bridgehead atoms. The third kappa shape index (κ3) is 5.90. The van der Waals surface area contributed by atoms with Crippen molar-refractivity contribution in [1.82, 2.24) is 0 Å². The second-order valence-electron chi connectivity index (χ2n) is 7.21. The Hall–Kier alpha value is -3.38. The Labute approximate surface area is 197 Å². The summed E-state index contributed by atoms with van der Waals surface area (Å²) in [7, 11) is -4.36. The molecule has 5 heteroatoms. The van der Waals surface area contributed by atoms with E-state index in [-0.39, 0.29) is 15.8 Å². The van der Waals surface area contributed by atoms with Gasteiger partial charge in [-0.15, -0.1) is 0 Å². The summed E-state index contributed by atoms with van der Waals surface area (Å²) < 4.78 is 32.2. The first-order chi connectivity index (χ1) is 16.0. The van der Waals surface area contributed by atoms with Crippen molar-refractivity contribution in [3.05, 3.63) is 133 Å². The smallest absolute Gasteiger partial charge is 0.166 e. The van der Waals surface area contributed by atoms with Gasteiger partial charge in [0.2, 0.25) is 0 Å². The summed E-state index contributed by atoms with van der Waals surface area (Å²) in [6.45, 7) is 0. The van der Waals surface area contributed by atoms with Gasteiger partial charge >= 0.3 is 0 Å². The highest BCUT2D eigenvalue weighted by atomic mass is 32.2. The summed E-state index contributed by atoms with van der Waals surface area (Å²) in [6, 6.07) is 43.8. The molecule has 0 atom stereocenters. The first kappa shape index (κ1) is 22.8. The molecule has 0 N–H and O–H groups in total. The molecule has 0 aromatic heterocycles. The largest absolute Gasteiger partial charge is 0.744 e. The number of hydrogen-bond donors (Lipinski definition) is 0. The first-order valence-corrected chi connectivity index (χ1v) is 13.0. The maximum Gasteiger partial charge on any atom is 0.166 e. The lowest BCUT2D eigenvalue weighted by Gasteiger charge is -2.07. The van der Waals surface area contributed by atoms with E-state index in [4.69, 9.17) is 0 Å². The molecule has 0 aliphatic heterocycles.